The summed E-state index contributed by atoms with van der Waals surface area (Å²) < 4.78 is 15.8. The summed E-state index contributed by atoms with van der Waals surface area (Å²) in [6.07, 6.45) is 0. The van der Waals surface area contributed by atoms with Crippen LogP contribution in [0, 0.1) is 6.92 Å². The summed E-state index contributed by atoms with van der Waals surface area (Å²) in [5, 5.41) is 3.19. The first-order valence-electron chi connectivity index (χ1n) is 10.8. The van der Waals surface area contributed by atoms with Crippen molar-refractivity contribution in [3.8, 4) is 0 Å². The number of esters is 2. The van der Waals surface area contributed by atoms with E-state index in [4.69, 9.17) is 14.2 Å². The molecule has 1 unspecified atom stereocenters. The third-order valence-corrected chi connectivity index (χ3v) is 6.86. The van der Waals surface area contributed by atoms with Gasteiger partial charge in [0.1, 0.15) is 13.2 Å². The molecule has 0 amide bonds. The van der Waals surface area contributed by atoms with Gasteiger partial charge in [-0.3, -0.25) is 0 Å². The molecule has 0 aliphatic carbocycles. The lowest BCUT2D eigenvalue weighted by Crippen LogP contribution is -2.31. The molecule has 172 valence electrons. The number of methoxy groups -OCH3 is 1. The smallest absolute Gasteiger partial charge is 0.337 e. The van der Waals surface area contributed by atoms with E-state index in [2.05, 4.69) is 36.5 Å². The van der Waals surface area contributed by atoms with E-state index >= 15 is 0 Å². The van der Waals surface area contributed by atoms with Crippen LogP contribution in [0.25, 0.3) is 0 Å². The monoisotopic (exact) mass is 465 g/mol. The molecule has 2 aliphatic rings. The highest BCUT2D eigenvalue weighted by Crippen LogP contribution is 2.44. The van der Waals surface area contributed by atoms with Gasteiger partial charge >= 0.3 is 11.9 Å². The summed E-state index contributed by atoms with van der Waals surface area (Å²) in [7, 11) is 1.55. The molecule has 7 heteroatoms. The Morgan fingerprint density at radius 2 is 1.88 bits per heavy atom. The highest BCUT2D eigenvalue weighted by atomic mass is 32.2. The molecule has 0 saturated carbocycles. The second-order valence-electron chi connectivity index (χ2n) is 8.01. The van der Waals surface area contributed by atoms with E-state index < -0.39 is 17.9 Å². The molecular weight excluding hydrogens is 438 g/mol. The van der Waals surface area contributed by atoms with E-state index in [0.29, 0.717) is 29.1 Å². The number of rotatable bonds is 8. The van der Waals surface area contributed by atoms with Crippen LogP contribution in [0.1, 0.15) is 29.5 Å². The van der Waals surface area contributed by atoms with Gasteiger partial charge in [-0.2, -0.15) is 0 Å². The van der Waals surface area contributed by atoms with Crippen LogP contribution in [0.15, 0.2) is 76.0 Å². The van der Waals surface area contributed by atoms with Crippen molar-refractivity contribution in [2.24, 2.45) is 0 Å². The minimum Gasteiger partial charge on any atom is -0.460 e. The van der Waals surface area contributed by atoms with Crippen LogP contribution in [-0.4, -0.2) is 38.9 Å². The van der Waals surface area contributed by atoms with Gasteiger partial charge in [-0.25, -0.2) is 9.59 Å². The second-order valence-corrected chi connectivity index (χ2v) is 9.02. The van der Waals surface area contributed by atoms with Gasteiger partial charge in [-0.15, -0.1) is 11.8 Å². The maximum Gasteiger partial charge on any atom is 0.337 e. The standard InChI is InChI=1S/C26H27NO5S/c1-16-8-10-18(11-9-16)15-33-21-7-5-4-6-19(21)23-22(25(28)31-13-12-30-3)17(2)27-20-14-32-26(29)24(20)23/h4-11,23,27H,12-15H2,1-3H3. The molecule has 6 nitrogen and oxygen atoms in total. The normalized spacial score (nSPS) is 17.5. The molecule has 0 saturated heterocycles. The zero-order valence-electron chi connectivity index (χ0n) is 19.0. The Morgan fingerprint density at radius 3 is 2.64 bits per heavy atom. The van der Waals surface area contributed by atoms with Gasteiger partial charge in [0, 0.05) is 23.5 Å². The van der Waals surface area contributed by atoms with Crippen LogP contribution >= 0.6 is 11.8 Å². The number of cyclic esters (lactones) is 1. The Balaban J connectivity index is 1.70. The molecule has 4 rings (SSSR count). The lowest BCUT2D eigenvalue weighted by molar-refractivity contribution is -0.140. The van der Waals surface area contributed by atoms with Crippen molar-refractivity contribution in [1.82, 2.24) is 5.32 Å². The van der Waals surface area contributed by atoms with Crippen molar-refractivity contribution in [3.05, 3.63) is 87.8 Å². The molecule has 0 fully saturated rings. The summed E-state index contributed by atoms with van der Waals surface area (Å²) >= 11 is 1.68. The van der Waals surface area contributed by atoms with E-state index in [9.17, 15) is 9.59 Å². The number of ether oxygens (including phenoxy) is 3. The van der Waals surface area contributed by atoms with Crippen LogP contribution in [0.3, 0.4) is 0 Å². The molecule has 33 heavy (non-hydrogen) atoms. The van der Waals surface area contributed by atoms with E-state index in [1.165, 1.54) is 11.1 Å². The molecule has 2 aromatic rings. The minimum absolute atomic E-state index is 0.138. The van der Waals surface area contributed by atoms with Crippen molar-refractivity contribution >= 4 is 23.7 Å². The third-order valence-electron chi connectivity index (χ3n) is 5.70. The maximum absolute atomic E-state index is 13.1. The van der Waals surface area contributed by atoms with Crippen LogP contribution in [0.2, 0.25) is 0 Å². The Bertz CT molecular complexity index is 1120. The van der Waals surface area contributed by atoms with E-state index in [1.54, 1.807) is 18.9 Å². The predicted octanol–water partition coefficient (Wildman–Crippen LogP) is 4.25. The number of benzene rings is 2. The lowest BCUT2D eigenvalue weighted by atomic mass is 9.81. The Morgan fingerprint density at radius 1 is 1.12 bits per heavy atom. The highest BCUT2D eigenvalue weighted by Gasteiger charge is 2.42. The predicted molar refractivity (Wildman–Crippen MR) is 127 cm³/mol. The zero-order chi connectivity index (χ0) is 23.4. The van der Waals surface area contributed by atoms with Gasteiger partial charge in [0.05, 0.1) is 29.4 Å². The fraction of sp³-hybridized carbons (Fsp3) is 0.308. The first-order valence-corrected chi connectivity index (χ1v) is 11.8. The number of allylic oxidation sites excluding steroid dienone is 1. The van der Waals surface area contributed by atoms with Crippen LogP contribution < -0.4 is 5.32 Å². The Hall–Kier alpha value is -3.03. The Labute approximate surface area is 198 Å². The van der Waals surface area contributed by atoms with Crippen molar-refractivity contribution in [2.75, 3.05) is 26.9 Å². The molecule has 1 atom stereocenters. The number of nitrogens with one attached hydrogen (secondary N) is 1. The van der Waals surface area contributed by atoms with E-state index in [0.717, 1.165) is 16.2 Å². The Kier molecular flexibility index (Phi) is 7.20. The summed E-state index contributed by atoms with van der Waals surface area (Å²) in [5.41, 5.74) is 5.58. The fourth-order valence-electron chi connectivity index (χ4n) is 4.04. The maximum atomic E-state index is 13.1. The molecule has 0 radical (unpaired) electrons. The molecule has 2 aromatic carbocycles. The molecule has 2 aliphatic heterocycles. The van der Waals surface area contributed by atoms with Gasteiger partial charge in [0.15, 0.2) is 0 Å². The quantitative estimate of drug-likeness (QED) is 0.355. The summed E-state index contributed by atoms with van der Waals surface area (Å²) in [6.45, 7) is 4.51. The number of hydrogen-bond acceptors (Lipinski definition) is 7. The van der Waals surface area contributed by atoms with E-state index in [1.807, 2.05) is 31.2 Å². The summed E-state index contributed by atoms with van der Waals surface area (Å²) in [6, 6.07) is 16.3. The van der Waals surface area contributed by atoms with Gasteiger partial charge in [0.25, 0.3) is 0 Å². The molecular formula is C26H27NO5S. The minimum atomic E-state index is -0.562. The molecule has 2 heterocycles. The van der Waals surface area contributed by atoms with Crippen molar-refractivity contribution in [1.29, 1.82) is 0 Å². The van der Waals surface area contributed by atoms with Crippen molar-refractivity contribution in [2.45, 2.75) is 30.4 Å². The topological polar surface area (TPSA) is 73.9 Å². The van der Waals surface area contributed by atoms with Crippen LogP contribution in [0.5, 0.6) is 0 Å². The fourth-order valence-corrected chi connectivity index (χ4v) is 5.08. The van der Waals surface area contributed by atoms with Crippen LogP contribution in [-0.2, 0) is 29.6 Å². The number of thioether (sulfide) groups is 1. The van der Waals surface area contributed by atoms with Crippen molar-refractivity contribution < 1.29 is 23.8 Å². The van der Waals surface area contributed by atoms with Crippen LogP contribution in [0.4, 0.5) is 0 Å². The van der Waals surface area contributed by atoms with Gasteiger partial charge in [0.2, 0.25) is 0 Å². The second kappa shape index (κ2) is 10.3. The summed E-state index contributed by atoms with van der Waals surface area (Å²) in [4.78, 5) is 26.9. The first kappa shape index (κ1) is 23.1. The van der Waals surface area contributed by atoms with E-state index in [-0.39, 0.29) is 13.2 Å². The molecule has 0 aromatic heterocycles. The van der Waals surface area contributed by atoms with Gasteiger partial charge < -0.3 is 19.5 Å². The third kappa shape index (κ3) is 4.99. The number of carbonyl (C=O) groups is 2. The average molecular weight is 466 g/mol. The zero-order valence-corrected chi connectivity index (χ0v) is 19.8. The number of carbonyl (C=O) groups excluding carboxylic acids is 2. The number of aryl methyl sites for hydroxylation is 1. The molecule has 0 bridgehead atoms. The molecule has 0 spiro atoms. The largest absolute Gasteiger partial charge is 0.460 e. The SMILES string of the molecule is COCCOC(=O)C1=C(C)NC2=C(C(=O)OC2)C1c1ccccc1SCc1ccc(C)cc1. The average Bonchev–Trinajstić information content (AvgIpc) is 3.18. The number of dihydropyridines is 1. The highest BCUT2D eigenvalue weighted by molar-refractivity contribution is 7.98. The molecule has 1 N–H and O–H groups in total. The van der Waals surface area contributed by atoms with Gasteiger partial charge in [-0.05, 0) is 31.0 Å². The lowest BCUT2D eigenvalue weighted by Gasteiger charge is -2.29. The number of hydrogen-bond donors (Lipinski definition) is 1. The van der Waals surface area contributed by atoms with Gasteiger partial charge in [-0.1, -0.05) is 48.0 Å². The first-order chi connectivity index (χ1) is 16.0. The van der Waals surface area contributed by atoms with Crippen molar-refractivity contribution in [3.63, 3.8) is 0 Å². The summed E-state index contributed by atoms with van der Waals surface area (Å²) in [5.74, 6) is -0.662.